The summed E-state index contributed by atoms with van der Waals surface area (Å²) < 4.78 is 15.8. The van der Waals surface area contributed by atoms with E-state index in [0.717, 1.165) is 87.5 Å². The molecule has 1 atom stereocenters. The van der Waals surface area contributed by atoms with Gasteiger partial charge in [0.2, 0.25) is 5.91 Å². The Balaban J connectivity index is 1.11. The molecule has 0 saturated carbocycles. The lowest BCUT2D eigenvalue weighted by Gasteiger charge is -2.39. The van der Waals surface area contributed by atoms with Gasteiger partial charge in [0.05, 0.1) is 23.5 Å². The highest BCUT2D eigenvalue weighted by Gasteiger charge is 2.31. The van der Waals surface area contributed by atoms with Gasteiger partial charge in [0.25, 0.3) is 0 Å². The Hall–Kier alpha value is -3.71. The maximum absolute atomic E-state index is 13.7. The first-order chi connectivity index (χ1) is 19.6. The Morgan fingerprint density at radius 3 is 2.38 bits per heavy atom. The first-order valence-electron chi connectivity index (χ1n) is 14.7. The molecule has 40 heavy (non-hydrogen) atoms. The number of carbonyl (C=O) groups is 1. The molecule has 0 radical (unpaired) electrons. The lowest BCUT2D eigenvalue weighted by Crippen LogP contribution is -2.52. The molecule has 2 aliphatic heterocycles. The van der Waals surface area contributed by atoms with E-state index in [1.54, 1.807) is 12.1 Å². The van der Waals surface area contributed by atoms with Crippen molar-refractivity contribution in [3.63, 3.8) is 0 Å². The van der Waals surface area contributed by atoms with E-state index in [0.29, 0.717) is 6.54 Å². The molecule has 0 aliphatic carbocycles. The summed E-state index contributed by atoms with van der Waals surface area (Å²) in [6, 6.07) is 23.6. The molecule has 208 valence electrons. The second kappa shape index (κ2) is 11.8. The molecule has 0 N–H and O–H groups in total. The van der Waals surface area contributed by atoms with Crippen LogP contribution in [0.15, 0.2) is 72.8 Å². The minimum Gasteiger partial charge on any atom is -0.368 e. The Morgan fingerprint density at radius 1 is 0.900 bits per heavy atom. The van der Waals surface area contributed by atoms with Crippen LogP contribution in [0.4, 0.5) is 10.1 Å². The molecule has 2 fully saturated rings. The summed E-state index contributed by atoms with van der Waals surface area (Å²) >= 11 is 0. The largest absolute Gasteiger partial charge is 0.368 e. The number of piperazine rings is 1. The van der Waals surface area contributed by atoms with E-state index in [4.69, 9.17) is 4.98 Å². The van der Waals surface area contributed by atoms with Crippen molar-refractivity contribution in [1.82, 2.24) is 19.4 Å². The molecule has 2 saturated heterocycles. The van der Waals surface area contributed by atoms with Crippen LogP contribution in [0, 0.1) is 11.7 Å². The SMILES string of the molecule is CCCc1ccc(N2CCN(C(=O)[C@@H]3CCCN(Cc4nc5ccccc5n4-c4ccc(F)cc4)C3)CC2)cc1. The highest BCUT2D eigenvalue weighted by molar-refractivity contribution is 5.80. The Bertz CT molecular complexity index is 1440. The van der Waals surface area contributed by atoms with Gasteiger partial charge < -0.3 is 9.80 Å². The second-order valence-corrected chi connectivity index (χ2v) is 11.1. The third kappa shape index (κ3) is 5.61. The summed E-state index contributed by atoms with van der Waals surface area (Å²) in [5.41, 5.74) is 5.46. The standard InChI is InChI=1S/C33H38FN5O/c1-2-6-25-10-14-28(15-11-25)37-19-21-38(22-20-37)33(40)26-7-5-18-36(23-26)24-32-35-30-8-3-4-9-31(30)39(32)29-16-12-27(34)13-17-29/h3-4,8-17,26H,2,5-7,18-24H2,1H3/t26-/m1/s1. The fourth-order valence-corrected chi connectivity index (χ4v) is 6.27. The summed E-state index contributed by atoms with van der Waals surface area (Å²) in [5, 5.41) is 0. The first-order valence-corrected chi connectivity index (χ1v) is 14.7. The van der Waals surface area contributed by atoms with E-state index in [1.165, 1.54) is 23.4 Å². The third-order valence-corrected chi connectivity index (χ3v) is 8.37. The molecule has 6 nitrogen and oxygen atoms in total. The van der Waals surface area contributed by atoms with Crippen LogP contribution in [0.1, 0.15) is 37.6 Å². The molecule has 2 aliphatic rings. The molecule has 3 aromatic carbocycles. The van der Waals surface area contributed by atoms with Gasteiger partial charge in [-0.05, 0) is 79.9 Å². The molecule has 0 unspecified atom stereocenters. The second-order valence-electron chi connectivity index (χ2n) is 11.1. The number of para-hydroxylation sites is 2. The van der Waals surface area contributed by atoms with Gasteiger partial charge in [-0.15, -0.1) is 0 Å². The highest BCUT2D eigenvalue weighted by atomic mass is 19.1. The number of anilines is 1. The number of hydrogen-bond acceptors (Lipinski definition) is 4. The van der Waals surface area contributed by atoms with Gasteiger partial charge in [-0.2, -0.15) is 0 Å². The number of amides is 1. The molecule has 6 rings (SSSR count). The zero-order valence-corrected chi connectivity index (χ0v) is 23.3. The van der Waals surface area contributed by atoms with Crippen molar-refractivity contribution in [3.05, 3.63) is 90.0 Å². The van der Waals surface area contributed by atoms with Crippen molar-refractivity contribution < 1.29 is 9.18 Å². The average Bonchev–Trinajstić information content (AvgIpc) is 3.36. The van der Waals surface area contributed by atoms with Crippen LogP contribution in [0.25, 0.3) is 16.7 Å². The summed E-state index contributed by atoms with van der Waals surface area (Å²) in [7, 11) is 0. The van der Waals surface area contributed by atoms with Crippen LogP contribution in [0.3, 0.4) is 0 Å². The lowest BCUT2D eigenvalue weighted by molar-refractivity contribution is -0.137. The third-order valence-electron chi connectivity index (χ3n) is 8.37. The van der Waals surface area contributed by atoms with Crippen LogP contribution < -0.4 is 4.90 Å². The minimum absolute atomic E-state index is 0.0114. The van der Waals surface area contributed by atoms with Crippen molar-refractivity contribution in [2.45, 2.75) is 39.2 Å². The first kappa shape index (κ1) is 26.5. The van der Waals surface area contributed by atoms with Gasteiger partial charge in [-0.1, -0.05) is 37.6 Å². The lowest BCUT2D eigenvalue weighted by atomic mass is 9.96. The molecule has 1 aromatic heterocycles. The number of carbonyl (C=O) groups excluding carboxylic acids is 1. The number of nitrogens with zero attached hydrogens (tertiary/aromatic N) is 5. The number of aromatic nitrogens is 2. The smallest absolute Gasteiger partial charge is 0.227 e. The average molecular weight is 540 g/mol. The van der Waals surface area contributed by atoms with Gasteiger partial charge >= 0.3 is 0 Å². The van der Waals surface area contributed by atoms with Crippen molar-refractivity contribution >= 4 is 22.6 Å². The fraction of sp³-hybridized carbons (Fsp3) is 0.394. The molecular weight excluding hydrogens is 501 g/mol. The maximum Gasteiger partial charge on any atom is 0.227 e. The minimum atomic E-state index is -0.252. The number of piperidine rings is 1. The molecule has 1 amide bonds. The zero-order valence-electron chi connectivity index (χ0n) is 23.3. The highest BCUT2D eigenvalue weighted by Crippen LogP contribution is 2.26. The Labute approximate surface area is 236 Å². The van der Waals surface area contributed by atoms with E-state index in [9.17, 15) is 9.18 Å². The number of likely N-dealkylation sites (tertiary alicyclic amines) is 1. The van der Waals surface area contributed by atoms with Crippen LogP contribution in [-0.2, 0) is 17.8 Å². The predicted molar refractivity (Wildman–Crippen MR) is 158 cm³/mol. The summed E-state index contributed by atoms with van der Waals surface area (Å²) in [6.45, 7) is 7.83. The van der Waals surface area contributed by atoms with Crippen molar-refractivity contribution in [2.24, 2.45) is 5.92 Å². The van der Waals surface area contributed by atoms with Gasteiger partial charge in [0.15, 0.2) is 0 Å². The Kier molecular flexibility index (Phi) is 7.82. The quantitative estimate of drug-likeness (QED) is 0.303. The van der Waals surface area contributed by atoms with Crippen molar-refractivity contribution in [2.75, 3.05) is 44.2 Å². The number of aryl methyl sites for hydroxylation is 1. The van der Waals surface area contributed by atoms with E-state index < -0.39 is 0 Å². The van der Waals surface area contributed by atoms with Crippen LogP contribution in [-0.4, -0.2) is 64.5 Å². The number of fused-ring (bicyclic) bond motifs is 1. The van der Waals surface area contributed by atoms with E-state index in [1.807, 2.05) is 18.2 Å². The number of hydrogen-bond donors (Lipinski definition) is 0. The molecule has 3 heterocycles. The number of benzene rings is 3. The molecule has 0 bridgehead atoms. The van der Waals surface area contributed by atoms with Gasteiger partial charge in [0, 0.05) is 44.1 Å². The molecule has 0 spiro atoms. The summed E-state index contributed by atoms with van der Waals surface area (Å²) in [6.07, 6.45) is 4.21. The summed E-state index contributed by atoms with van der Waals surface area (Å²) in [4.78, 5) is 25.4. The van der Waals surface area contributed by atoms with E-state index in [2.05, 4.69) is 56.5 Å². The van der Waals surface area contributed by atoms with Crippen LogP contribution >= 0.6 is 0 Å². The van der Waals surface area contributed by atoms with Gasteiger partial charge in [-0.25, -0.2) is 9.37 Å². The van der Waals surface area contributed by atoms with Crippen LogP contribution in [0.5, 0.6) is 0 Å². The summed E-state index contributed by atoms with van der Waals surface area (Å²) in [5.74, 6) is 0.962. The van der Waals surface area contributed by atoms with Crippen molar-refractivity contribution in [1.29, 1.82) is 0 Å². The van der Waals surface area contributed by atoms with Crippen LogP contribution in [0.2, 0.25) is 0 Å². The normalized spacial score (nSPS) is 18.4. The number of halogens is 1. The molecular formula is C33H38FN5O. The van der Waals surface area contributed by atoms with E-state index >= 15 is 0 Å². The predicted octanol–water partition coefficient (Wildman–Crippen LogP) is 5.68. The zero-order chi connectivity index (χ0) is 27.5. The van der Waals surface area contributed by atoms with E-state index in [-0.39, 0.29) is 17.6 Å². The number of rotatable bonds is 7. The van der Waals surface area contributed by atoms with Gasteiger partial charge in [0.1, 0.15) is 11.6 Å². The molecule has 7 heteroatoms. The van der Waals surface area contributed by atoms with Gasteiger partial charge in [-0.3, -0.25) is 14.3 Å². The van der Waals surface area contributed by atoms with Crippen molar-refractivity contribution in [3.8, 4) is 5.69 Å². The maximum atomic E-state index is 13.7. The Morgan fingerprint density at radius 2 is 1.62 bits per heavy atom. The monoisotopic (exact) mass is 539 g/mol. The topological polar surface area (TPSA) is 44.6 Å². The fourth-order valence-electron chi connectivity index (χ4n) is 6.27. The number of imidazole rings is 1. The molecule has 4 aromatic rings.